The van der Waals surface area contributed by atoms with E-state index in [2.05, 4.69) is 51.9 Å². The van der Waals surface area contributed by atoms with Gasteiger partial charge in [0.25, 0.3) is 0 Å². The molecule has 0 fully saturated rings. The second-order valence-corrected chi connectivity index (χ2v) is 5.24. The molecular formula is C15H25NO2. The first-order valence-corrected chi connectivity index (χ1v) is 6.34. The number of methoxy groups -OCH3 is 1. The van der Waals surface area contributed by atoms with E-state index in [9.17, 15) is 5.11 Å². The number of aliphatic hydroxyl groups excluding tert-OH is 1. The molecule has 3 heteroatoms. The maximum Gasteiger partial charge on any atom is 0.119 e. The maximum atomic E-state index is 9.45. The number of aliphatic hydroxyl groups is 1. The van der Waals surface area contributed by atoms with Crippen LogP contribution in [0.2, 0.25) is 0 Å². The van der Waals surface area contributed by atoms with E-state index < -0.39 is 0 Å². The van der Waals surface area contributed by atoms with Crippen LogP contribution in [-0.2, 0) is 0 Å². The van der Waals surface area contributed by atoms with E-state index in [-0.39, 0.29) is 18.6 Å². The Hall–Kier alpha value is -1.06. The highest BCUT2D eigenvalue weighted by Crippen LogP contribution is 2.33. The molecule has 2 atom stereocenters. The third kappa shape index (κ3) is 3.03. The molecule has 18 heavy (non-hydrogen) atoms. The van der Waals surface area contributed by atoms with Gasteiger partial charge in [-0.05, 0) is 62.7 Å². The first kappa shape index (κ1) is 15.0. The van der Waals surface area contributed by atoms with E-state index in [1.54, 1.807) is 7.11 Å². The molecule has 3 nitrogen and oxygen atoms in total. The lowest BCUT2D eigenvalue weighted by Gasteiger charge is -2.32. The van der Waals surface area contributed by atoms with Gasteiger partial charge < -0.3 is 14.7 Å². The maximum absolute atomic E-state index is 9.45. The average Bonchev–Trinajstić information content (AvgIpc) is 2.31. The number of benzene rings is 1. The zero-order valence-electron chi connectivity index (χ0n) is 12.3. The van der Waals surface area contributed by atoms with Gasteiger partial charge in [-0.3, -0.25) is 0 Å². The lowest BCUT2D eigenvalue weighted by atomic mass is 9.88. The van der Waals surface area contributed by atoms with Crippen LogP contribution >= 0.6 is 0 Å². The number of rotatable bonds is 5. The van der Waals surface area contributed by atoms with E-state index in [1.807, 2.05) is 0 Å². The van der Waals surface area contributed by atoms with Crippen molar-refractivity contribution >= 4 is 0 Å². The standard InChI is InChI=1S/C15H25NO2/c1-10-7-13(18-6)8-11(2)14(10)15(16(4)5)12(3)9-17/h7-8,12,15,17H,9H2,1-6H3. The molecule has 0 aliphatic heterocycles. The number of nitrogens with zero attached hydrogens (tertiary/aromatic N) is 1. The fourth-order valence-electron chi connectivity index (χ4n) is 2.67. The Morgan fingerprint density at radius 1 is 1.22 bits per heavy atom. The normalized spacial score (nSPS) is 14.7. The fourth-order valence-corrected chi connectivity index (χ4v) is 2.67. The number of ether oxygens (including phenoxy) is 1. The summed E-state index contributed by atoms with van der Waals surface area (Å²) >= 11 is 0. The van der Waals surface area contributed by atoms with E-state index >= 15 is 0 Å². The van der Waals surface area contributed by atoms with Gasteiger partial charge in [0, 0.05) is 12.6 Å². The first-order chi connectivity index (χ1) is 8.42. The fraction of sp³-hybridized carbons (Fsp3) is 0.600. The minimum Gasteiger partial charge on any atom is -0.497 e. The van der Waals surface area contributed by atoms with Gasteiger partial charge in [-0.15, -0.1) is 0 Å². The Balaban J connectivity index is 3.28. The van der Waals surface area contributed by atoms with Gasteiger partial charge in [-0.25, -0.2) is 0 Å². The molecule has 0 aliphatic carbocycles. The highest BCUT2D eigenvalue weighted by molar-refractivity contribution is 5.43. The van der Waals surface area contributed by atoms with Gasteiger partial charge in [0.2, 0.25) is 0 Å². The Kier molecular flexibility index (Phi) is 5.17. The van der Waals surface area contributed by atoms with Crippen molar-refractivity contribution in [1.29, 1.82) is 0 Å². The summed E-state index contributed by atoms with van der Waals surface area (Å²) in [5.41, 5.74) is 3.72. The van der Waals surface area contributed by atoms with Gasteiger partial charge in [-0.2, -0.15) is 0 Å². The van der Waals surface area contributed by atoms with E-state index in [1.165, 1.54) is 16.7 Å². The molecule has 102 valence electrons. The van der Waals surface area contributed by atoms with Gasteiger partial charge in [0.05, 0.1) is 7.11 Å². The van der Waals surface area contributed by atoms with E-state index in [4.69, 9.17) is 4.74 Å². The smallest absolute Gasteiger partial charge is 0.119 e. The summed E-state index contributed by atoms with van der Waals surface area (Å²) in [5, 5.41) is 9.45. The first-order valence-electron chi connectivity index (χ1n) is 6.34. The van der Waals surface area contributed by atoms with Crippen LogP contribution in [0.3, 0.4) is 0 Å². The Morgan fingerprint density at radius 2 is 1.72 bits per heavy atom. The summed E-state index contributed by atoms with van der Waals surface area (Å²) < 4.78 is 5.29. The predicted molar refractivity (Wildman–Crippen MR) is 75.1 cm³/mol. The van der Waals surface area contributed by atoms with Gasteiger partial charge in [0.1, 0.15) is 5.75 Å². The largest absolute Gasteiger partial charge is 0.497 e. The van der Waals surface area contributed by atoms with Crippen LogP contribution in [0.4, 0.5) is 0 Å². The van der Waals surface area contributed by atoms with Crippen molar-refractivity contribution < 1.29 is 9.84 Å². The monoisotopic (exact) mass is 251 g/mol. The third-order valence-electron chi connectivity index (χ3n) is 3.48. The topological polar surface area (TPSA) is 32.7 Å². The molecule has 0 saturated carbocycles. The zero-order valence-corrected chi connectivity index (χ0v) is 12.3. The minimum atomic E-state index is 0.188. The van der Waals surface area contributed by atoms with Crippen LogP contribution in [0, 0.1) is 19.8 Å². The van der Waals surface area contributed by atoms with Crippen molar-refractivity contribution in [1.82, 2.24) is 4.90 Å². The molecule has 1 rings (SSSR count). The van der Waals surface area contributed by atoms with Crippen molar-refractivity contribution in [3.63, 3.8) is 0 Å². The molecule has 0 spiro atoms. The second-order valence-electron chi connectivity index (χ2n) is 5.24. The Morgan fingerprint density at radius 3 is 2.06 bits per heavy atom. The van der Waals surface area contributed by atoms with E-state index in [0.717, 1.165) is 5.75 Å². The number of hydrogen-bond acceptors (Lipinski definition) is 3. The summed E-state index contributed by atoms with van der Waals surface area (Å²) in [6.45, 7) is 6.47. The zero-order chi connectivity index (χ0) is 13.9. The molecule has 1 N–H and O–H groups in total. The van der Waals surface area contributed by atoms with Crippen LogP contribution in [0.15, 0.2) is 12.1 Å². The molecule has 2 unspecified atom stereocenters. The highest BCUT2D eigenvalue weighted by atomic mass is 16.5. The Bertz CT molecular complexity index is 378. The highest BCUT2D eigenvalue weighted by Gasteiger charge is 2.24. The summed E-state index contributed by atoms with van der Waals surface area (Å²) in [4.78, 5) is 2.17. The second kappa shape index (κ2) is 6.21. The van der Waals surface area contributed by atoms with Crippen molar-refractivity contribution in [2.75, 3.05) is 27.8 Å². The number of aryl methyl sites for hydroxylation is 2. The van der Waals surface area contributed by atoms with Crippen molar-refractivity contribution in [2.45, 2.75) is 26.8 Å². The van der Waals surface area contributed by atoms with E-state index in [0.29, 0.717) is 0 Å². The van der Waals surface area contributed by atoms with Gasteiger partial charge in [0.15, 0.2) is 0 Å². The third-order valence-corrected chi connectivity index (χ3v) is 3.48. The van der Waals surface area contributed by atoms with Crippen LogP contribution in [0.5, 0.6) is 5.75 Å². The average molecular weight is 251 g/mol. The molecule has 0 aliphatic rings. The lowest BCUT2D eigenvalue weighted by molar-refractivity contribution is 0.145. The summed E-state index contributed by atoms with van der Waals surface area (Å²) in [7, 11) is 5.80. The predicted octanol–water partition coefficient (Wildman–Crippen LogP) is 2.54. The van der Waals surface area contributed by atoms with Crippen LogP contribution < -0.4 is 4.74 Å². The minimum absolute atomic E-state index is 0.188. The van der Waals surface area contributed by atoms with Crippen LogP contribution in [-0.4, -0.2) is 37.8 Å². The van der Waals surface area contributed by atoms with Crippen molar-refractivity contribution in [3.05, 3.63) is 28.8 Å². The van der Waals surface area contributed by atoms with Crippen molar-refractivity contribution in [3.8, 4) is 5.75 Å². The molecule has 0 bridgehead atoms. The summed E-state index contributed by atoms with van der Waals surface area (Å²) in [6.07, 6.45) is 0. The molecule has 0 saturated heterocycles. The summed E-state index contributed by atoms with van der Waals surface area (Å²) in [5.74, 6) is 1.09. The molecule has 0 aromatic heterocycles. The van der Waals surface area contributed by atoms with Gasteiger partial charge in [-0.1, -0.05) is 6.92 Å². The van der Waals surface area contributed by atoms with Gasteiger partial charge >= 0.3 is 0 Å². The van der Waals surface area contributed by atoms with Crippen LogP contribution in [0.1, 0.15) is 29.7 Å². The molecular weight excluding hydrogens is 226 g/mol. The SMILES string of the molecule is COc1cc(C)c(C(C(C)CO)N(C)C)c(C)c1. The lowest BCUT2D eigenvalue weighted by Crippen LogP contribution is -2.29. The Labute approximate surface area is 110 Å². The number of hydrogen-bond donors (Lipinski definition) is 1. The summed E-state index contributed by atoms with van der Waals surface area (Å²) in [6, 6.07) is 4.34. The molecule has 0 radical (unpaired) electrons. The van der Waals surface area contributed by atoms with Crippen LogP contribution in [0.25, 0.3) is 0 Å². The quantitative estimate of drug-likeness (QED) is 0.873. The molecule has 1 aromatic carbocycles. The molecule has 0 heterocycles. The molecule has 1 aromatic rings. The molecule has 0 amide bonds. The van der Waals surface area contributed by atoms with Crippen molar-refractivity contribution in [2.24, 2.45) is 5.92 Å².